The second-order valence-corrected chi connectivity index (χ2v) is 4.09. The van der Waals surface area contributed by atoms with Gasteiger partial charge in [-0.25, -0.2) is 4.39 Å². The lowest BCUT2D eigenvalue weighted by Crippen LogP contribution is -2.10. The highest BCUT2D eigenvalue weighted by Crippen LogP contribution is 2.21. The highest BCUT2D eigenvalue weighted by molar-refractivity contribution is 6.31. The lowest BCUT2D eigenvalue weighted by atomic mass is 10.0. The zero-order valence-corrected chi connectivity index (χ0v) is 9.60. The lowest BCUT2D eigenvalue weighted by Gasteiger charge is -2.11. The van der Waals surface area contributed by atoms with Crippen molar-refractivity contribution in [2.45, 2.75) is 38.7 Å². The molecule has 0 aliphatic heterocycles. The Morgan fingerprint density at radius 3 is 2.87 bits per heavy atom. The quantitative estimate of drug-likeness (QED) is 0.820. The molecule has 1 unspecified atom stereocenters. The summed E-state index contributed by atoms with van der Waals surface area (Å²) in [5.41, 5.74) is 0.681. The molecule has 1 atom stereocenters. The van der Waals surface area contributed by atoms with Crippen LogP contribution in [0.2, 0.25) is 5.02 Å². The number of rotatable bonds is 5. The summed E-state index contributed by atoms with van der Waals surface area (Å²) in [6.07, 6.45) is 2.77. The van der Waals surface area contributed by atoms with Crippen molar-refractivity contribution in [3.05, 3.63) is 34.6 Å². The molecule has 0 bridgehead atoms. The largest absolute Gasteiger partial charge is 0.393 e. The maximum atomic E-state index is 13.1. The Bertz CT molecular complexity index is 314. The molecule has 1 rings (SSSR count). The van der Waals surface area contributed by atoms with Gasteiger partial charge in [-0.15, -0.1) is 0 Å². The van der Waals surface area contributed by atoms with Crippen molar-refractivity contribution in [3.63, 3.8) is 0 Å². The van der Waals surface area contributed by atoms with Crippen molar-refractivity contribution in [3.8, 4) is 0 Å². The molecule has 0 amide bonds. The Labute approximate surface area is 94.9 Å². The molecule has 0 radical (unpaired) electrons. The zero-order valence-electron chi connectivity index (χ0n) is 8.84. The third-order valence-electron chi connectivity index (χ3n) is 2.38. The minimum atomic E-state index is -0.427. The van der Waals surface area contributed by atoms with Gasteiger partial charge < -0.3 is 5.11 Å². The van der Waals surface area contributed by atoms with Gasteiger partial charge in [-0.05, 0) is 24.5 Å². The summed E-state index contributed by atoms with van der Waals surface area (Å²) in [6, 6.07) is 4.69. The van der Waals surface area contributed by atoms with E-state index in [0.717, 1.165) is 19.3 Å². The Kier molecular flexibility index (Phi) is 5.06. The topological polar surface area (TPSA) is 20.2 Å². The number of unbranched alkanes of at least 4 members (excludes halogenated alkanes) is 1. The summed E-state index contributed by atoms with van der Waals surface area (Å²) in [7, 11) is 0. The Morgan fingerprint density at radius 2 is 2.20 bits per heavy atom. The van der Waals surface area contributed by atoms with E-state index in [-0.39, 0.29) is 5.02 Å². The van der Waals surface area contributed by atoms with Gasteiger partial charge in [-0.3, -0.25) is 0 Å². The molecule has 1 N–H and O–H groups in total. The molecule has 3 heteroatoms. The summed E-state index contributed by atoms with van der Waals surface area (Å²) >= 11 is 5.79. The first-order valence-electron chi connectivity index (χ1n) is 5.26. The third kappa shape index (κ3) is 3.80. The zero-order chi connectivity index (χ0) is 11.3. The summed E-state index contributed by atoms with van der Waals surface area (Å²) in [5.74, 6) is -0.420. The predicted molar refractivity (Wildman–Crippen MR) is 60.6 cm³/mol. The Morgan fingerprint density at radius 1 is 1.47 bits per heavy atom. The minimum Gasteiger partial charge on any atom is -0.393 e. The van der Waals surface area contributed by atoms with E-state index in [1.165, 1.54) is 6.07 Å². The number of hydrogen-bond acceptors (Lipinski definition) is 1. The molecule has 0 saturated carbocycles. The average molecular weight is 231 g/mol. The summed E-state index contributed by atoms with van der Waals surface area (Å²) in [5, 5.41) is 9.80. The van der Waals surface area contributed by atoms with Gasteiger partial charge in [0.25, 0.3) is 0 Å². The molecule has 1 aromatic rings. The number of aliphatic hydroxyl groups excluding tert-OH is 1. The van der Waals surface area contributed by atoms with Crippen LogP contribution in [-0.2, 0) is 6.42 Å². The minimum absolute atomic E-state index is 0.132. The van der Waals surface area contributed by atoms with Gasteiger partial charge in [0, 0.05) is 0 Å². The first-order chi connectivity index (χ1) is 7.15. The molecule has 15 heavy (non-hydrogen) atoms. The molecule has 0 aromatic heterocycles. The lowest BCUT2D eigenvalue weighted by molar-refractivity contribution is 0.161. The maximum absolute atomic E-state index is 13.1. The fraction of sp³-hybridized carbons (Fsp3) is 0.500. The third-order valence-corrected chi connectivity index (χ3v) is 2.80. The predicted octanol–water partition coefficient (Wildman–Crippen LogP) is 3.57. The normalized spacial score (nSPS) is 12.8. The Balaban J connectivity index is 2.60. The van der Waals surface area contributed by atoms with Crippen LogP contribution in [0, 0.1) is 5.82 Å². The molecule has 0 fully saturated rings. The van der Waals surface area contributed by atoms with E-state index in [9.17, 15) is 9.50 Å². The molecular weight excluding hydrogens is 215 g/mol. The van der Waals surface area contributed by atoms with Gasteiger partial charge in [0.05, 0.1) is 11.1 Å². The van der Waals surface area contributed by atoms with Crippen LogP contribution in [0.5, 0.6) is 0 Å². The van der Waals surface area contributed by atoms with E-state index in [2.05, 4.69) is 6.92 Å². The van der Waals surface area contributed by atoms with Gasteiger partial charge in [0.1, 0.15) is 5.82 Å². The van der Waals surface area contributed by atoms with Crippen molar-refractivity contribution in [1.82, 2.24) is 0 Å². The molecule has 1 aromatic carbocycles. The second-order valence-electron chi connectivity index (χ2n) is 3.71. The molecule has 0 aliphatic carbocycles. The van der Waals surface area contributed by atoms with Gasteiger partial charge in [0.2, 0.25) is 0 Å². The van der Waals surface area contributed by atoms with Crippen molar-refractivity contribution in [1.29, 1.82) is 0 Å². The van der Waals surface area contributed by atoms with Crippen molar-refractivity contribution in [2.24, 2.45) is 0 Å². The molecular formula is C12H16ClFO. The van der Waals surface area contributed by atoms with Crippen LogP contribution >= 0.6 is 11.6 Å². The van der Waals surface area contributed by atoms with Crippen LogP contribution in [0.1, 0.15) is 31.7 Å². The first-order valence-corrected chi connectivity index (χ1v) is 5.64. The van der Waals surface area contributed by atoms with Crippen LogP contribution in [0.15, 0.2) is 18.2 Å². The Hall–Kier alpha value is -0.600. The van der Waals surface area contributed by atoms with Gasteiger partial charge in [-0.2, -0.15) is 0 Å². The van der Waals surface area contributed by atoms with Gasteiger partial charge >= 0.3 is 0 Å². The van der Waals surface area contributed by atoms with E-state index in [1.54, 1.807) is 12.1 Å². The number of hydrogen-bond donors (Lipinski definition) is 1. The molecule has 0 heterocycles. The monoisotopic (exact) mass is 230 g/mol. The summed E-state index contributed by atoms with van der Waals surface area (Å²) in [4.78, 5) is 0. The highest BCUT2D eigenvalue weighted by atomic mass is 35.5. The number of benzene rings is 1. The standard InChI is InChI=1S/C12H16ClFO/c1-2-3-6-10(15)8-9-5-4-7-11(14)12(9)13/h4-5,7,10,15H,2-3,6,8H2,1H3. The summed E-state index contributed by atoms with van der Waals surface area (Å²) < 4.78 is 13.1. The van der Waals surface area contributed by atoms with Crippen molar-refractivity contribution < 1.29 is 9.50 Å². The average Bonchev–Trinajstić information content (AvgIpc) is 2.22. The van der Waals surface area contributed by atoms with E-state index >= 15 is 0 Å². The maximum Gasteiger partial charge on any atom is 0.142 e. The fourth-order valence-corrected chi connectivity index (χ4v) is 1.70. The smallest absolute Gasteiger partial charge is 0.142 e. The molecule has 0 saturated heterocycles. The number of aliphatic hydroxyl groups is 1. The van der Waals surface area contributed by atoms with E-state index in [1.807, 2.05) is 0 Å². The molecule has 0 aliphatic rings. The molecule has 0 spiro atoms. The fourth-order valence-electron chi connectivity index (χ4n) is 1.50. The summed E-state index contributed by atoms with van der Waals surface area (Å²) in [6.45, 7) is 2.07. The van der Waals surface area contributed by atoms with E-state index in [0.29, 0.717) is 12.0 Å². The van der Waals surface area contributed by atoms with E-state index in [4.69, 9.17) is 11.6 Å². The van der Waals surface area contributed by atoms with Crippen molar-refractivity contribution in [2.75, 3.05) is 0 Å². The van der Waals surface area contributed by atoms with Gasteiger partial charge in [0.15, 0.2) is 0 Å². The first kappa shape index (κ1) is 12.5. The van der Waals surface area contributed by atoms with Crippen LogP contribution in [0.25, 0.3) is 0 Å². The van der Waals surface area contributed by atoms with Crippen LogP contribution in [0.4, 0.5) is 4.39 Å². The van der Waals surface area contributed by atoms with Crippen molar-refractivity contribution >= 4 is 11.6 Å². The van der Waals surface area contributed by atoms with E-state index < -0.39 is 11.9 Å². The molecule has 1 nitrogen and oxygen atoms in total. The van der Waals surface area contributed by atoms with Gasteiger partial charge in [-0.1, -0.05) is 43.5 Å². The highest BCUT2D eigenvalue weighted by Gasteiger charge is 2.10. The second kappa shape index (κ2) is 6.09. The molecule has 84 valence electrons. The number of halogens is 2. The van der Waals surface area contributed by atoms with Crippen LogP contribution in [0.3, 0.4) is 0 Å². The van der Waals surface area contributed by atoms with Crippen LogP contribution < -0.4 is 0 Å². The van der Waals surface area contributed by atoms with Crippen LogP contribution in [-0.4, -0.2) is 11.2 Å². The SMILES string of the molecule is CCCCC(O)Cc1cccc(F)c1Cl.